The molecule has 1 aliphatic rings. The molecule has 1 atom stereocenters. The minimum Gasteiger partial charge on any atom is -0.487 e. The summed E-state index contributed by atoms with van der Waals surface area (Å²) in [5, 5.41) is 5.12. The lowest BCUT2D eigenvalue weighted by molar-refractivity contribution is -0.123. The fourth-order valence-corrected chi connectivity index (χ4v) is 3.76. The number of rotatable bonds is 6. The van der Waals surface area contributed by atoms with Crippen LogP contribution in [0.15, 0.2) is 41.8 Å². The number of hydrogen-bond donors (Lipinski definition) is 2. The van der Waals surface area contributed by atoms with Crippen LogP contribution in [0.3, 0.4) is 0 Å². The number of ether oxygens (including phenoxy) is 1. The second-order valence-electron chi connectivity index (χ2n) is 5.02. The van der Waals surface area contributed by atoms with Crippen LogP contribution in [0.4, 0.5) is 0 Å². The Balaban J connectivity index is 1.86. The van der Waals surface area contributed by atoms with Crippen LogP contribution in [-0.2, 0) is 19.4 Å². The van der Waals surface area contributed by atoms with Crippen molar-refractivity contribution in [1.29, 1.82) is 0 Å². The average Bonchev–Trinajstić information content (AvgIpc) is 2.50. The molecule has 2 amide bonds. The molecule has 1 heterocycles. The van der Waals surface area contributed by atoms with Crippen LogP contribution in [0.25, 0.3) is 0 Å². The minimum atomic E-state index is -3.45. The summed E-state index contributed by atoms with van der Waals surface area (Å²) in [5.41, 5.74) is 0. The topological polar surface area (TPSA) is 102 Å². The van der Waals surface area contributed by atoms with Gasteiger partial charge in [0.1, 0.15) is 16.7 Å². The highest BCUT2D eigenvalue weighted by atomic mass is 32.2. The predicted octanol–water partition coefficient (Wildman–Crippen LogP) is 0.0298. The Kier molecular flexibility index (Phi) is 5.38. The molecule has 1 unspecified atom stereocenters. The van der Waals surface area contributed by atoms with Crippen molar-refractivity contribution in [3.8, 4) is 5.75 Å². The molecule has 0 bridgehead atoms. The molecule has 0 radical (unpaired) electrons. The van der Waals surface area contributed by atoms with Crippen molar-refractivity contribution in [3.05, 3.63) is 36.9 Å². The number of nitrogens with one attached hydrogen (secondary N) is 2. The van der Waals surface area contributed by atoms with E-state index in [0.29, 0.717) is 0 Å². The number of sulfone groups is 1. The minimum absolute atomic E-state index is 0.0665. The summed E-state index contributed by atoms with van der Waals surface area (Å²) in [4.78, 5) is 22.9. The van der Waals surface area contributed by atoms with Crippen LogP contribution in [-0.4, -0.2) is 45.2 Å². The fraction of sp³-hybridized carbons (Fsp3) is 0.333. The van der Waals surface area contributed by atoms with Crippen LogP contribution in [0.2, 0.25) is 0 Å². The van der Waals surface area contributed by atoms with Gasteiger partial charge in [0.25, 0.3) is 0 Å². The van der Waals surface area contributed by atoms with E-state index in [1.54, 1.807) is 18.2 Å². The summed E-state index contributed by atoms with van der Waals surface area (Å²) >= 11 is 0. The normalized spacial score (nSPS) is 18.2. The Morgan fingerprint density at radius 2 is 1.96 bits per heavy atom. The first-order chi connectivity index (χ1) is 10.9. The van der Waals surface area contributed by atoms with Gasteiger partial charge < -0.3 is 15.4 Å². The quantitative estimate of drug-likeness (QED) is 0.563. The molecule has 0 fully saturated rings. The molecule has 0 aromatic heterocycles. The van der Waals surface area contributed by atoms with Gasteiger partial charge in [-0.1, -0.05) is 18.7 Å². The third kappa shape index (κ3) is 4.56. The number of carbonyl (C=O) groups is 2. The molecule has 1 aromatic carbocycles. The van der Waals surface area contributed by atoms with E-state index in [-0.39, 0.29) is 47.7 Å². The van der Waals surface area contributed by atoms with Gasteiger partial charge in [0.15, 0.2) is 9.84 Å². The Bertz CT molecular complexity index is 714. The van der Waals surface area contributed by atoms with E-state index < -0.39 is 15.9 Å². The predicted molar refractivity (Wildman–Crippen MR) is 83.7 cm³/mol. The maximum Gasteiger partial charge on any atom is 0.243 e. The zero-order valence-electron chi connectivity index (χ0n) is 12.4. The maximum atomic E-state index is 12.2. The number of benzene rings is 1. The van der Waals surface area contributed by atoms with Gasteiger partial charge >= 0.3 is 0 Å². The molecule has 23 heavy (non-hydrogen) atoms. The van der Waals surface area contributed by atoms with Crippen molar-refractivity contribution in [1.82, 2.24) is 10.6 Å². The number of hydrogen-bond acceptors (Lipinski definition) is 5. The molecular formula is C15H18N2O5S. The Morgan fingerprint density at radius 1 is 1.26 bits per heavy atom. The standard InChI is InChI=1S/C15H18N2O5S/c1-2-14(18)16-7-8-17-15(19)9-11-10-23(20,21)13-6-4-3-5-12(13)22-11/h2-6,11H,1,7-10H2,(H,16,18)(H,17,19). The van der Waals surface area contributed by atoms with Crippen molar-refractivity contribution in [2.24, 2.45) is 0 Å². The van der Waals surface area contributed by atoms with Crippen molar-refractivity contribution >= 4 is 21.7 Å². The lowest BCUT2D eigenvalue weighted by Crippen LogP contribution is -2.39. The highest BCUT2D eigenvalue weighted by molar-refractivity contribution is 7.91. The third-order valence-electron chi connectivity index (χ3n) is 3.23. The largest absolute Gasteiger partial charge is 0.487 e. The third-order valence-corrected chi connectivity index (χ3v) is 5.05. The zero-order chi connectivity index (χ0) is 16.9. The maximum absolute atomic E-state index is 12.2. The molecule has 0 aliphatic carbocycles. The van der Waals surface area contributed by atoms with Gasteiger partial charge in [-0.25, -0.2) is 8.42 Å². The fourth-order valence-electron chi connectivity index (χ4n) is 2.19. The molecule has 1 aromatic rings. The van der Waals surface area contributed by atoms with Crippen molar-refractivity contribution in [2.45, 2.75) is 17.4 Å². The smallest absolute Gasteiger partial charge is 0.243 e. The first-order valence-corrected chi connectivity index (χ1v) is 8.73. The van der Waals surface area contributed by atoms with Gasteiger partial charge in [-0.3, -0.25) is 9.59 Å². The van der Waals surface area contributed by atoms with Crippen LogP contribution in [0.1, 0.15) is 6.42 Å². The highest BCUT2D eigenvalue weighted by Gasteiger charge is 2.32. The van der Waals surface area contributed by atoms with Crippen LogP contribution >= 0.6 is 0 Å². The van der Waals surface area contributed by atoms with Gasteiger partial charge in [-0.2, -0.15) is 0 Å². The molecule has 8 heteroatoms. The summed E-state index contributed by atoms with van der Waals surface area (Å²) < 4.78 is 29.9. The van der Waals surface area contributed by atoms with E-state index in [1.165, 1.54) is 6.07 Å². The monoisotopic (exact) mass is 338 g/mol. The second-order valence-corrected chi connectivity index (χ2v) is 7.02. The molecule has 124 valence electrons. The average molecular weight is 338 g/mol. The zero-order valence-corrected chi connectivity index (χ0v) is 13.3. The molecule has 0 saturated carbocycles. The van der Waals surface area contributed by atoms with Crippen molar-refractivity contribution in [3.63, 3.8) is 0 Å². The molecule has 2 rings (SSSR count). The number of para-hydroxylation sites is 1. The molecule has 1 aliphatic heterocycles. The molecule has 2 N–H and O–H groups in total. The number of amides is 2. The van der Waals surface area contributed by atoms with Gasteiger partial charge in [0, 0.05) is 13.1 Å². The summed E-state index contributed by atoms with van der Waals surface area (Å²) in [6.45, 7) is 3.82. The Hall–Kier alpha value is -2.35. The lowest BCUT2D eigenvalue weighted by Gasteiger charge is -2.25. The highest BCUT2D eigenvalue weighted by Crippen LogP contribution is 2.31. The first-order valence-electron chi connectivity index (χ1n) is 7.08. The van der Waals surface area contributed by atoms with Gasteiger partial charge in [0.05, 0.1) is 12.2 Å². The summed E-state index contributed by atoms with van der Waals surface area (Å²) in [5.74, 6) is -0.616. The van der Waals surface area contributed by atoms with Gasteiger partial charge in [0.2, 0.25) is 11.8 Å². The summed E-state index contributed by atoms with van der Waals surface area (Å²) in [7, 11) is -3.45. The molecule has 0 saturated heterocycles. The van der Waals surface area contributed by atoms with E-state index in [1.807, 2.05) is 0 Å². The first kappa shape index (κ1) is 17.0. The number of fused-ring (bicyclic) bond motifs is 1. The number of carbonyl (C=O) groups excluding carboxylic acids is 2. The van der Waals surface area contributed by atoms with Crippen molar-refractivity contribution in [2.75, 3.05) is 18.8 Å². The SMILES string of the molecule is C=CC(=O)NCCNC(=O)CC1CS(=O)(=O)c2ccccc2O1. The van der Waals surface area contributed by atoms with Crippen LogP contribution in [0, 0.1) is 0 Å². The molecule has 0 spiro atoms. The van der Waals surface area contributed by atoms with E-state index in [2.05, 4.69) is 17.2 Å². The Labute approximate surface area is 134 Å². The van der Waals surface area contributed by atoms with E-state index >= 15 is 0 Å². The molecule has 7 nitrogen and oxygen atoms in total. The lowest BCUT2D eigenvalue weighted by atomic mass is 10.2. The second kappa shape index (κ2) is 7.28. The van der Waals surface area contributed by atoms with Crippen LogP contribution < -0.4 is 15.4 Å². The summed E-state index contributed by atoms with van der Waals surface area (Å²) in [6.07, 6.45) is 0.348. The Morgan fingerprint density at radius 3 is 2.70 bits per heavy atom. The van der Waals surface area contributed by atoms with E-state index in [0.717, 1.165) is 6.08 Å². The summed E-state index contributed by atoms with van der Waals surface area (Å²) in [6, 6.07) is 6.37. The van der Waals surface area contributed by atoms with Crippen LogP contribution in [0.5, 0.6) is 5.75 Å². The van der Waals surface area contributed by atoms with Gasteiger partial charge in [-0.05, 0) is 18.2 Å². The van der Waals surface area contributed by atoms with E-state index in [9.17, 15) is 18.0 Å². The molecular weight excluding hydrogens is 320 g/mol. The van der Waals surface area contributed by atoms with Crippen molar-refractivity contribution < 1.29 is 22.7 Å². The van der Waals surface area contributed by atoms with E-state index in [4.69, 9.17) is 4.74 Å². The van der Waals surface area contributed by atoms with Gasteiger partial charge in [-0.15, -0.1) is 0 Å².